The number of hydrogen-bond donors (Lipinski definition) is 1. The number of aryl methyl sites for hydroxylation is 1. The summed E-state index contributed by atoms with van der Waals surface area (Å²) in [6.45, 7) is 1.99. The highest BCUT2D eigenvalue weighted by Gasteiger charge is 2.17. The summed E-state index contributed by atoms with van der Waals surface area (Å²) in [6, 6.07) is 17.2. The minimum atomic E-state index is -0.1000. The van der Waals surface area contributed by atoms with E-state index in [1.807, 2.05) is 83.3 Å². The molecule has 0 unspecified atom stereocenters. The topological polar surface area (TPSA) is 77.6 Å². The Labute approximate surface area is 166 Å². The maximum Gasteiger partial charge on any atom is 0.234 e. The fourth-order valence-electron chi connectivity index (χ4n) is 2.73. The van der Waals surface area contributed by atoms with Gasteiger partial charge in [0.1, 0.15) is 5.69 Å². The molecule has 4 aromatic rings. The Bertz CT molecular complexity index is 1080. The van der Waals surface area contributed by atoms with Gasteiger partial charge in [-0.2, -0.15) is 0 Å². The van der Waals surface area contributed by atoms with Crippen LogP contribution < -0.4 is 5.32 Å². The number of hydrogen-bond acceptors (Lipinski definition) is 5. The molecule has 3 aromatic heterocycles. The summed E-state index contributed by atoms with van der Waals surface area (Å²) in [4.78, 5) is 16.7. The monoisotopic (exact) mass is 390 g/mol. The maximum atomic E-state index is 12.4. The molecule has 0 atom stereocenters. The molecule has 0 spiro atoms. The van der Waals surface area contributed by atoms with Gasteiger partial charge in [0.05, 0.1) is 5.75 Å². The van der Waals surface area contributed by atoms with Gasteiger partial charge in [-0.15, -0.1) is 10.2 Å². The minimum absolute atomic E-state index is 0.1000. The van der Waals surface area contributed by atoms with Crippen molar-refractivity contribution >= 4 is 23.4 Å². The lowest BCUT2D eigenvalue weighted by molar-refractivity contribution is -0.113. The van der Waals surface area contributed by atoms with Crippen molar-refractivity contribution in [3.05, 3.63) is 78.8 Å². The predicted molar refractivity (Wildman–Crippen MR) is 109 cm³/mol. The number of aromatic nitrogens is 5. The number of anilines is 1. The van der Waals surface area contributed by atoms with Crippen molar-refractivity contribution < 1.29 is 4.79 Å². The molecule has 7 nitrogen and oxygen atoms in total. The van der Waals surface area contributed by atoms with E-state index < -0.39 is 0 Å². The zero-order chi connectivity index (χ0) is 19.3. The van der Waals surface area contributed by atoms with E-state index in [1.54, 1.807) is 6.20 Å². The third kappa shape index (κ3) is 3.96. The SMILES string of the molecule is Cc1cccc(NC(=O)CSc2nnc(-c3ccccn3)n2-n2cccc2)c1. The molecule has 8 heteroatoms. The van der Waals surface area contributed by atoms with Crippen LogP contribution in [-0.4, -0.2) is 36.2 Å². The van der Waals surface area contributed by atoms with E-state index in [-0.39, 0.29) is 11.7 Å². The minimum Gasteiger partial charge on any atom is -0.325 e. The van der Waals surface area contributed by atoms with Gasteiger partial charge in [0.2, 0.25) is 16.9 Å². The molecular formula is C20H18N6OS. The Morgan fingerprint density at radius 2 is 1.93 bits per heavy atom. The number of carbonyl (C=O) groups is 1. The molecular weight excluding hydrogens is 372 g/mol. The predicted octanol–water partition coefficient (Wildman–Crippen LogP) is 3.49. The van der Waals surface area contributed by atoms with Crippen molar-refractivity contribution in [3.63, 3.8) is 0 Å². The molecule has 4 rings (SSSR count). The normalized spacial score (nSPS) is 10.8. The molecule has 1 amide bonds. The molecule has 0 radical (unpaired) electrons. The molecule has 3 heterocycles. The molecule has 0 aliphatic carbocycles. The molecule has 140 valence electrons. The Balaban J connectivity index is 1.55. The van der Waals surface area contributed by atoms with Crippen LogP contribution in [0.15, 0.2) is 78.3 Å². The second kappa shape index (κ2) is 8.10. The van der Waals surface area contributed by atoms with Crippen molar-refractivity contribution in [2.45, 2.75) is 12.1 Å². The lowest BCUT2D eigenvalue weighted by Crippen LogP contribution is -2.16. The number of carbonyl (C=O) groups excluding carboxylic acids is 1. The fourth-order valence-corrected chi connectivity index (χ4v) is 3.46. The number of pyridine rings is 1. The van der Waals surface area contributed by atoms with Gasteiger partial charge >= 0.3 is 0 Å². The van der Waals surface area contributed by atoms with Crippen LogP contribution in [0.25, 0.3) is 11.5 Å². The van der Waals surface area contributed by atoms with Crippen LogP contribution >= 0.6 is 11.8 Å². The molecule has 1 N–H and O–H groups in total. The number of nitrogens with zero attached hydrogens (tertiary/aromatic N) is 5. The van der Waals surface area contributed by atoms with E-state index in [9.17, 15) is 4.79 Å². The number of benzene rings is 1. The molecule has 0 fully saturated rings. The second-order valence-electron chi connectivity index (χ2n) is 6.10. The molecule has 0 aliphatic heterocycles. The fraction of sp³-hybridized carbons (Fsp3) is 0.100. The van der Waals surface area contributed by atoms with E-state index >= 15 is 0 Å². The first-order valence-corrected chi connectivity index (χ1v) is 9.69. The highest BCUT2D eigenvalue weighted by Crippen LogP contribution is 2.23. The van der Waals surface area contributed by atoms with Gasteiger partial charge in [0.15, 0.2) is 0 Å². The van der Waals surface area contributed by atoms with Gasteiger partial charge in [-0.25, -0.2) is 4.68 Å². The summed E-state index contributed by atoms with van der Waals surface area (Å²) in [6.07, 6.45) is 5.51. The Hall–Kier alpha value is -3.39. The molecule has 0 saturated heterocycles. The highest BCUT2D eigenvalue weighted by molar-refractivity contribution is 7.99. The number of nitrogens with one attached hydrogen (secondary N) is 1. The van der Waals surface area contributed by atoms with Crippen molar-refractivity contribution in [2.75, 3.05) is 11.1 Å². The molecule has 0 aliphatic rings. The number of rotatable bonds is 6. The van der Waals surface area contributed by atoms with Gasteiger partial charge in [-0.1, -0.05) is 30.0 Å². The zero-order valence-corrected chi connectivity index (χ0v) is 16.0. The van der Waals surface area contributed by atoms with Crippen LogP contribution in [0.1, 0.15) is 5.56 Å². The highest BCUT2D eigenvalue weighted by atomic mass is 32.2. The smallest absolute Gasteiger partial charge is 0.234 e. The number of thioether (sulfide) groups is 1. The van der Waals surface area contributed by atoms with E-state index in [1.165, 1.54) is 11.8 Å². The first-order valence-electron chi connectivity index (χ1n) is 8.70. The average Bonchev–Trinajstić information content (AvgIpc) is 3.36. The maximum absolute atomic E-state index is 12.4. The Morgan fingerprint density at radius 1 is 1.07 bits per heavy atom. The lowest BCUT2D eigenvalue weighted by Gasteiger charge is -2.11. The molecule has 1 aromatic carbocycles. The van der Waals surface area contributed by atoms with E-state index in [4.69, 9.17) is 0 Å². The van der Waals surface area contributed by atoms with Gasteiger partial charge in [0.25, 0.3) is 0 Å². The first kappa shape index (κ1) is 18.0. The summed E-state index contributed by atoms with van der Waals surface area (Å²) < 4.78 is 3.71. The largest absolute Gasteiger partial charge is 0.325 e. The average molecular weight is 390 g/mol. The summed E-state index contributed by atoms with van der Waals surface area (Å²) in [5, 5.41) is 12.1. The van der Waals surface area contributed by atoms with Crippen LogP contribution in [0.2, 0.25) is 0 Å². The lowest BCUT2D eigenvalue weighted by atomic mass is 10.2. The molecule has 28 heavy (non-hydrogen) atoms. The van der Waals surface area contributed by atoms with E-state index in [0.717, 1.165) is 11.3 Å². The van der Waals surface area contributed by atoms with Crippen LogP contribution in [0, 0.1) is 6.92 Å². The quantitative estimate of drug-likeness (QED) is 0.510. The standard InChI is InChI=1S/C20H18N6OS/c1-15-7-6-8-16(13-15)22-18(27)14-28-20-24-23-19(17-9-2-3-10-21-17)26(20)25-11-4-5-12-25/h2-13H,14H2,1H3,(H,22,27). The molecule has 0 saturated carbocycles. The summed E-state index contributed by atoms with van der Waals surface area (Å²) in [5.41, 5.74) is 2.59. The first-order chi connectivity index (χ1) is 13.7. The third-order valence-electron chi connectivity index (χ3n) is 3.96. The third-order valence-corrected chi connectivity index (χ3v) is 4.88. The van der Waals surface area contributed by atoms with Crippen LogP contribution in [-0.2, 0) is 4.79 Å². The Kier molecular flexibility index (Phi) is 5.20. The second-order valence-corrected chi connectivity index (χ2v) is 7.04. The van der Waals surface area contributed by atoms with Crippen molar-refractivity contribution in [2.24, 2.45) is 0 Å². The van der Waals surface area contributed by atoms with E-state index in [2.05, 4.69) is 20.5 Å². The van der Waals surface area contributed by atoms with E-state index in [0.29, 0.717) is 16.7 Å². The van der Waals surface area contributed by atoms with Crippen LogP contribution in [0.3, 0.4) is 0 Å². The summed E-state index contributed by atoms with van der Waals surface area (Å²) in [7, 11) is 0. The van der Waals surface area contributed by atoms with Crippen LogP contribution in [0.4, 0.5) is 5.69 Å². The summed E-state index contributed by atoms with van der Waals surface area (Å²) >= 11 is 1.32. The zero-order valence-electron chi connectivity index (χ0n) is 15.2. The molecule has 0 bridgehead atoms. The van der Waals surface area contributed by atoms with Crippen molar-refractivity contribution in [1.82, 2.24) is 24.5 Å². The summed E-state index contributed by atoms with van der Waals surface area (Å²) in [5.74, 6) is 0.727. The van der Waals surface area contributed by atoms with Crippen molar-refractivity contribution in [3.8, 4) is 11.5 Å². The van der Waals surface area contributed by atoms with Gasteiger partial charge in [-0.3, -0.25) is 14.5 Å². The number of amides is 1. The van der Waals surface area contributed by atoms with Gasteiger partial charge in [0, 0.05) is 24.3 Å². The van der Waals surface area contributed by atoms with Gasteiger partial charge < -0.3 is 5.32 Å². The van der Waals surface area contributed by atoms with Crippen LogP contribution in [0.5, 0.6) is 0 Å². The Morgan fingerprint density at radius 3 is 2.68 bits per heavy atom. The van der Waals surface area contributed by atoms with Crippen molar-refractivity contribution in [1.29, 1.82) is 0 Å². The van der Waals surface area contributed by atoms with Gasteiger partial charge in [-0.05, 0) is 48.9 Å².